The van der Waals surface area contributed by atoms with Crippen molar-refractivity contribution in [2.24, 2.45) is 0 Å². The molecule has 0 aliphatic carbocycles. The fourth-order valence-electron chi connectivity index (χ4n) is 2.24. The smallest absolute Gasteiger partial charge is 0.157 e. The highest BCUT2D eigenvalue weighted by molar-refractivity contribution is 6.29. The van der Waals surface area contributed by atoms with Crippen LogP contribution in [0.25, 0.3) is 17.0 Å². The molecule has 0 spiro atoms. The summed E-state index contributed by atoms with van der Waals surface area (Å²) in [6, 6.07) is 4.21. The van der Waals surface area contributed by atoms with Crippen LogP contribution in [0.1, 0.15) is 19.5 Å². The lowest BCUT2D eigenvalue weighted by molar-refractivity contribution is 0.0694. The van der Waals surface area contributed by atoms with Crippen molar-refractivity contribution in [3.63, 3.8) is 0 Å². The van der Waals surface area contributed by atoms with Crippen LogP contribution >= 0.6 is 11.6 Å². The van der Waals surface area contributed by atoms with Crippen LogP contribution in [0.3, 0.4) is 0 Å². The van der Waals surface area contributed by atoms with Crippen molar-refractivity contribution < 1.29 is 14.2 Å². The number of rotatable bonds is 3. The van der Waals surface area contributed by atoms with Crippen molar-refractivity contribution in [2.45, 2.75) is 19.4 Å². The number of ether oxygens (including phenoxy) is 1. The van der Waals surface area contributed by atoms with Crippen molar-refractivity contribution in [1.82, 2.24) is 19.6 Å². The van der Waals surface area contributed by atoms with E-state index in [1.54, 1.807) is 19.9 Å². The third kappa shape index (κ3) is 2.73. The summed E-state index contributed by atoms with van der Waals surface area (Å²) in [7, 11) is 1.48. The molecule has 1 N–H and O–H groups in total. The highest BCUT2D eigenvalue weighted by Crippen LogP contribution is 2.30. The van der Waals surface area contributed by atoms with Crippen LogP contribution in [0.4, 0.5) is 4.39 Å². The average Bonchev–Trinajstić information content (AvgIpc) is 2.90. The predicted molar refractivity (Wildman–Crippen MR) is 83.0 cm³/mol. The number of pyridine rings is 1. The van der Waals surface area contributed by atoms with Gasteiger partial charge in [0.05, 0.1) is 13.3 Å². The van der Waals surface area contributed by atoms with Crippen molar-refractivity contribution in [3.8, 4) is 17.1 Å². The molecular formula is C15H14ClFN4O2. The van der Waals surface area contributed by atoms with E-state index in [1.165, 1.54) is 30.0 Å². The maximum Gasteiger partial charge on any atom is 0.157 e. The van der Waals surface area contributed by atoms with Crippen molar-refractivity contribution in [3.05, 3.63) is 41.1 Å². The Labute approximate surface area is 136 Å². The molecule has 23 heavy (non-hydrogen) atoms. The molecule has 0 saturated heterocycles. The van der Waals surface area contributed by atoms with E-state index in [1.807, 2.05) is 0 Å². The van der Waals surface area contributed by atoms with E-state index in [2.05, 4.69) is 15.1 Å². The van der Waals surface area contributed by atoms with Gasteiger partial charge in [-0.25, -0.2) is 18.9 Å². The topological polar surface area (TPSA) is 72.5 Å². The van der Waals surface area contributed by atoms with Gasteiger partial charge in [-0.2, -0.15) is 5.10 Å². The first-order valence-electron chi connectivity index (χ1n) is 6.79. The van der Waals surface area contributed by atoms with E-state index in [9.17, 15) is 9.50 Å². The highest BCUT2D eigenvalue weighted by atomic mass is 35.5. The van der Waals surface area contributed by atoms with Crippen molar-refractivity contribution in [2.75, 3.05) is 7.11 Å². The monoisotopic (exact) mass is 336 g/mol. The highest BCUT2D eigenvalue weighted by Gasteiger charge is 2.25. The van der Waals surface area contributed by atoms with Crippen LogP contribution in [-0.2, 0) is 5.60 Å². The Kier molecular flexibility index (Phi) is 3.69. The maximum atomic E-state index is 14.1. The van der Waals surface area contributed by atoms with E-state index in [-0.39, 0.29) is 10.8 Å². The van der Waals surface area contributed by atoms with Gasteiger partial charge in [0.1, 0.15) is 33.6 Å². The van der Waals surface area contributed by atoms with Gasteiger partial charge in [-0.3, -0.25) is 0 Å². The molecule has 0 unspecified atom stereocenters. The second kappa shape index (κ2) is 5.43. The number of aromatic nitrogens is 4. The number of halogens is 2. The van der Waals surface area contributed by atoms with E-state index < -0.39 is 11.4 Å². The summed E-state index contributed by atoms with van der Waals surface area (Å²) in [5.74, 6) is -0.152. The molecule has 0 bridgehead atoms. The maximum absolute atomic E-state index is 14.1. The summed E-state index contributed by atoms with van der Waals surface area (Å²) in [6.07, 6.45) is 1.44. The van der Waals surface area contributed by atoms with Gasteiger partial charge in [0.15, 0.2) is 11.5 Å². The Morgan fingerprint density at radius 1 is 1.35 bits per heavy atom. The quantitative estimate of drug-likeness (QED) is 0.745. The molecule has 3 aromatic heterocycles. The molecule has 6 nitrogen and oxygen atoms in total. The normalized spacial score (nSPS) is 11.9. The van der Waals surface area contributed by atoms with Crippen LogP contribution in [0.5, 0.6) is 5.75 Å². The Hall–Kier alpha value is -2.25. The zero-order valence-corrected chi connectivity index (χ0v) is 13.5. The SMILES string of the molecule is COc1cc2ncc(-c3nc(Cl)ccc3F)n2nc1C(C)(C)O. The second-order valence-electron chi connectivity index (χ2n) is 5.50. The lowest BCUT2D eigenvalue weighted by Gasteiger charge is -2.19. The number of imidazole rings is 1. The molecule has 0 aliphatic heterocycles. The number of aliphatic hydroxyl groups is 1. The predicted octanol–water partition coefficient (Wildman–Crippen LogP) is 2.82. The molecule has 0 atom stereocenters. The van der Waals surface area contributed by atoms with Gasteiger partial charge in [0.25, 0.3) is 0 Å². The van der Waals surface area contributed by atoms with Gasteiger partial charge in [0.2, 0.25) is 0 Å². The van der Waals surface area contributed by atoms with Gasteiger partial charge < -0.3 is 9.84 Å². The molecule has 0 aromatic carbocycles. The average molecular weight is 337 g/mol. The molecule has 0 fully saturated rings. The van der Waals surface area contributed by atoms with Gasteiger partial charge in [-0.1, -0.05) is 11.6 Å². The molecule has 0 aliphatic rings. The van der Waals surface area contributed by atoms with Gasteiger partial charge in [0, 0.05) is 6.07 Å². The van der Waals surface area contributed by atoms with Gasteiger partial charge >= 0.3 is 0 Å². The summed E-state index contributed by atoms with van der Waals surface area (Å²) in [4.78, 5) is 8.18. The minimum absolute atomic E-state index is 0.0318. The van der Waals surface area contributed by atoms with Gasteiger partial charge in [-0.15, -0.1) is 0 Å². The Morgan fingerprint density at radius 2 is 2.09 bits per heavy atom. The third-order valence-corrected chi connectivity index (χ3v) is 3.52. The van der Waals surface area contributed by atoms with Gasteiger partial charge in [-0.05, 0) is 26.0 Å². The van der Waals surface area contributed by atoms with Crippen LogP contribution < -0.4 is 4.74 Å². The minimum Gasteiger partial charge on any atom is -0.495 e. The number of nitrogens with zero attached hydrogens (tertiary/aromatic N) is 4. The Morgan fingerprint density at radius 3 is 2.74 bits per heavy atom. The summed E-state index contributed by atoms with van der Waals surface area (Å²) in [6.45, 7) is 3.16. The molecular weight excluding hydrogens is 323 g/mol. The minimum atomic E-state index is -1.25. The third-order valence-electron chi connectivity index (χ3n) is 3.31. The number of methoxy groups -OCH3 is 1. The first kappa shape index (κ1) is 15.6. The zero-order chi connectivity index (χ0) is 16.8. The van der Waals surface area contributed by atoms with Crippen molar-refractivity contribution in [1.29, 1.82) is 0 Å². The molecule has 0 radical (unpaired) electrons. The second-order valence-corrected chi connectivity index (χ2v) is 5.89. The summed E-state index contributed by atoms with van der Waals surface area (Å²) in [5, 5.41) is 14.8. The molecule has 3 aromatic rings. The van der Waals surface area contributed by atoms with Crippen molar-refractivity contribution >= 4 is 17.2 Å². The lowest BCUT2D eigenvalue weighted by atomic mass is 10.0. The van der Waals surface area contributed by atoms with E-state index >= 15 is 0 Å². The summed E-state index contributed by atoms with van der Waals surface area (Å²) < 4.78 is 20.7. The molecule has 0 amide bonds. The molecule has 8 heteroatoms. The van der Waals surface area contributed by atoms with Crippen LogP contribution in [0.15, 0.2) is 24.4 Å². The standard InChI is InChI=1S/C15H14ClFN4O2/c1-15(2,22)14-10(23-3)6-12-18-7-9(21(12)20-14)13-8(17)4-5-11(16)19-13/h4-7,22H,1-3H3. The first-order chi connectivity index (χ1) is 10.8. The zero-order valence-electron chi connectivity index (χ0n) is 12.7. The summed E-state index contributed by atoms with van der Waals surface area (Å²) in [5.41, 5.74) is -0.154. The van der Waals surface area contributed by atoms with E-state index in [4.69, 9.17) is 16.3 Å². The number of fused-ring (bicyclic) bond motifs is 1. The molecule has 0 saturated carbocycles. The number of hydrogen-bond donors (Lipinski definition) is 1. The van der Waals surface area contributed by atoms with Crippen LogP contribution in [0.2, 0.25) is 5.15 Å². The fourth-order valence-corrected chi connectivity index (χ4v) is 2.38. The summed E-state index contributed by atoms with van der Waals surface area (Å²) >= 11 is 5.85. The lowest BCUT2D eigenvalue weighted by Crippen LogP contribution is -2.20. The molecule has 120 valence electrons. The van der Waals surface area contributed by atoms with Crippen LogP contribution in [0, 0.1) is 5.82 Å². The first-order valence-corrected chi connectivity index (χ1v) is 7.17. The van der Waals surface area contributed by atoms with E-state index in [0.29, 0.717) is 22.8 Å². The molecule has 3 rings (SSSR count). The van der Waals surface area contributed by atoms with E-state index in [0.717, 1.165) is 0 Å². The Balaban J connectivity index is 2.30. The largest absolute Gasteiger partial charge is 0.495 e. The number of hydrogen-bond acceptors (Lipinski definition) is 5. The Bertz CT molecular complexity index is 889. The fraction of sp³-hybridized carbons (Fsp3) is 0.267. The molecule has 3 heterocycles. The van der Waals surface area contributed by atoms with Crippen LogP contribution in [-0.4, -0.2) is 31.8 Å².